The first-order chi connectivity index (χ1) is 8.27. The van der Waals surface area contributed by atoms with Gasteiger partial charge in [0.1, 0.15) is 5.82 Å². The van der Waals surface area contributed by atoms with Gasteiger partial charge in [-0.3, -0.25) is 4.40 Å². The van der Waals surface area contributed by atoms with Gasteiger partial charge in [-0.2, -0.15) is 0 Å². The van der Waals surface area contributed by atoms with Crippen LogP contribution in [0.25, 0.3) is 5.52 Å². The Morgan fingerprint density at radius 3 is 3.00 bits per heavy atom. The van der Waals surface area contributed by atoms with Gasteiger partial charge in [-0.15, -0.1) is 0 Å². The molecule has 2 aromatic rings. The molecule has 0 aromatic carbocycles. The second-order valence-corrected chi connectivity index (χ2v) is 4.17. The van der Waals surface area contributed by atoms with E-state index in [9.17, 15) is 0 Å². The highest BCUT2D eigenvalue weighted by Crippen LogP contribution is 2.24. The van der Waals surface area contributed by atoms with E-state index in [4.69, 9.17) is 16.3 Å². The molecule has 0 aliphatic carbocycles. The highest BCUT2D eigenvalue weighted by molar-refractivity contribution is 6.32. The molecule has 0 saturated carbocycles. The molecule has 0 amide bonds. The van der Waals surface area contributed by atoms with Crippen LogP contribution in [-0.2, 0) is 6.42 Å². The number of ether oxygens (including phenoxy) is 1. The first kappa shape index (κ1) is 12.2. The highest BCUT2D eigenvalue weighted by Gasteiger charge is 2.12. The molecule has 1 N–H and O–H groups in total. The molecule has 2 rings (SSSR count). The van der Waals surface area contributed by atoms with E-state index in [0.717, 1.165) is 36.6 Å². The third kappa shape index (κ3) is 2.37. The Morgan fingerprint density at radius 1 is 1.47 bits per heavy atom. The SMILES string of the molecule is CNCCCc1nc(Cl)c2cccc(OC)n12. The van der Waals surface area contributed by atoms with Crippen molar-refractivity contribution in [3.63, 3.8) is 0 Å². The smallest absolute Gasteiger partial charge is 0.199 e. The topological polar surface area (TPSA) is 38.6 Å². The minimum atomic E-state index is 0.531. The van der Waals surface area contributed by atoms with E-state index in [1.54, 1.807) is 7.11 Å². The Kier molecular flexibility index (Phi) is 3.86. The Labute approximate surface area is 106 Å². The van der Waals surface area contributed by atoms with Gasteiger partial charge in [-0.1, -0.05) is 17.7 Å². The molecule has 92 valence electrons. The minimum Gasteiger partial charge on any atom is -0.482 e. The van der Waals surface area contributed by atoms with Crippen LogP contribution >= 0.6 is 11.6 Å². The van der Waals surface area contributed by atoms with E-state index in [-0.39, 0.29) is 0 Å². The molecule has 2 heterocycles. The molecule has 0 aliphatic heterocycles. The van der Waals surface area contributed by atoms with Crippen molar-refractivity contribution in [1.29, 1.82) is 0 Å². The summed E-state index contributed by atoms with van der Waals surface area (Å²) in [5, 5.41) is 3.65. The summed E-state index contributed by atoms with van der Waals surface area (Å²) < 4.78 is 7.31. The fraction of sp³-hybridized carbons (Fsp3) is 0.417. The van der Waals surface area contributed by atoms with Gasteiger partial charge in [0.15, 0.2) is 11.0 Å². The molecule has 0 atom stereocenters. The molecule has 5 heteroatoms. The van der Waals surface area contributed by atoms with Crippen molar-refractivity contribution in [2.24, 2.45) is 0 Å². The van der Waals surface area contributed by atoms with E-state index in [0.29, 0.717) is 5.15 Å². The number of imidazole rings is 1. The van der Waals surface area contributed by atoms with Crippen LogP contribution in [0.4, 0.5) is 0 Å². The first-order valence-electron chi connectivity index (χ1n) is 5.62. The number of pyridine rings is 1. The van der Waals surface area contributed by atoms with E-state index >= 15 is 0 Å². The van der Waals surface area contributed by atoms with Crippen molar-refractivity contribution in [2.45, 2.75) is 12.8 Å². The lowest BCUT2D eigenvalue weighted by molar-refractivity contribution is 0.390. The summed E-state index contributed by atoms with van der Waals surface area (Å²) in [6, 6.07) is 5.77. The number of aryl methyl sites for hydroxylation is 1. The third-order valence-electron chi connectivity index (χ3n) is 2.69. The Morgan fingerprint density at radius 2 is 2.29 bits per heavy atom. The van der Waals surface area contributed by atoms with E-state index in [2.05, 4.69) is 10.3 Å². The van der Waals surface area contributed by atoms with Gasteiger partial charge in [0.05, 0.1) is 12.6 Å². The molecule has 2 aromatic heterocycles. The van der Waals surface area contributed by atoms with Gasteiger partial charge >= 0.3 is 0 Å². The summed E-state index contributed by atoms with van der Waals surface area (Å²) in [5.41, 5.74) is 0.894. The van der Waals surface area contributed by atoms with Gasteiger partial charge in [-0.05, 0) is 32.1 Å². The van der Waals surface area contributed by atoms with Gasteiger partial charge < -0.3 is 10.1 Å². The predicted octanol–water partition coefficient (Wildman–Crippen LogP) is 2.15. The lowest BCUT2D eigenvalue weighted by Gasteiger charge is -2.06. The zero-order chi connectivity index (χ0) is 12.3. The van der Waals surface area contributed by atoms with Gasteiger partial charge in [0.25, 0.3) is 0 Å². The van der Waals surface area contributed by atoms with Crippen LogP contribution in [0.1, 0.15) is 12.2 Å². The summed E-state index contributed by atoms with van der Waals surface area (Å²) >= 11 is 6.12. The molecule has 0 radical (unpaired) electrons. The molecule has 0 saturated heterocycles. The molecule has 4 nitrogen and oxygen atoms in total. The van der Waals surface area contributed by atoms with Gasteiger partial charge in [0.2, 0.25) is 0 Å². The standard InChI is InChI=1S/C12H16ClN3O/c1-14-8-4-6-10-15-12(13)9-5-3-7-11(17-2)16(9)10/h3,5,7,14H,4,6,8H2,1-2H3. The lowest BCUT2D eigenvalue weighted by Crippen LogP contribution is -2.09. The average molecular weight is 254 g/mol. The van der Waals surface area contributed by atoms with Crippen molar-refractivity contribution < 1.29 is 4.74 Å². The number of rotatable bonds is 5. The fourth-order valence-corrected chi connectivity index (χ4v) is 2.13. The molecule has 0 spiro atoms. The Bertz CT molecular complexity index is 510. The van der Waals surface area contributed by atoms with Gasteiger partial charge in [-0.25, -0.2) is 4.98 Å². The minimum absolute atomic E-state index is 0.531. The van der Waals surface area contributed by atoms with Crippen molar-refractivity contribution in [1.82, 2.24) is 14.7 Å². The highest BCUT2D eigenvalue weighted by atomic mass is 35.5. The molecule has 0 unspecified atom stereocenters. The van der Waals surface area contributed by atoms with Crippen molar-refractivity contribution in [3.05, 3.63) is 29.2 Å². The van der Waals surface area contributed by atoms with Crippen LogP contribution in [0.15, 0.2) is 18.2 Å². The average Bonchev–Trinajstić information content (AvgIpc) is 2.67. The maximum atomic E-state index is 6.12. The van der Waals surface area contributed by atoms with E-state index in [1.165, 1.54) is 0 Å². The molecule has 0 aliphatic rings. The predicted molar refractivity (Wildman–Crippen MR) is 69.0 cm³/mol. The number of fused-ring (bicyclic) bond motifs is 1. The van der Waals surface area contributed by atoms with Gasteiger partial charge in [0, 0.05) is 6.42 Å². The molecule has 0 fully saturated rings. The summed E-state index contributed by atoms with van der Waals surface area (Å²) in [5.74, 6) is 1.71. The van der Waals surface area contributed by atoms with Crippen molar-refractivity contribution in [3.8, 4) is 5.88 Å². The maximum Gasteiger partial charge on any atom is 0.199 e. The third-order valence-corrected chi connectivity index (χ3v) is 2.97. The van der Waals surface area contributed by atoms with Crippen LogP contribution in [0.3, 0.4) is 0 Å². The molecule has 17 heavy (non-hydrogen) atoms. The first-order valence-corrected chi connectivity index (χ1v) is 6.00. The van der Waals surface area contributed by atoms with Crippen molar-refractivity contribution >= 4 is 17.1 Å². The zero-order valence-electron chi connectivity index (χ0n) is 10.0. The second-order valence-electron chi connectivity index (χ2n) is 3.81. The largest absolute Gasteiger partial charge is 0.482 e. The summed E-state index contributed by atoms with van der Waals surface area (Å²) in [6.07, 6.45) is 1.89. The number of hydrogen-bond acceptors (Lipinski definition) is 3. The zero-order valence-corrected chi connectivity index (χ0v) is 10.8. The Hall–Kier alpha value is -1.26. The van der Waals surface area contributed by atoms with Crippen LogP contribution in [0.5, 0.6) is 5.88 Å². The van der Waals surface area contributed by atoms with Crippen LogP contribution in [-0.4, -0.2) is 30.1 Å². The number of hydrogen-bond donors (Lipinski definition) is 1. The van der Waals surface area contributed by atoms with Crippen LogP contribution in [0.2, 0.25) is 5.15 Å². The normalized spacial score (nSPS) is 11.0. The summed E-state index contributed by atoms with van der Waals surface area (Å²) in [4.78, 5) is 4.39. The van der Waals surface area contributed by atoms with Crippen molar-refractivity contribution in [2.75, 3.05) is 20.7 Å². The lowest BCUT2D eigenvalue weighted by atomic mass is 10.3. The number of halogens is 1. The summed E-state index contributed by atoms with van der Waals surface area (Å²) in [7, 11) is 3.59. The fourth-order valence-electron chi connectivity index (χ4n) is 1.89. The van der Waals surface area contributed by atoms with E-state index < -0.39 is 0 Å². The van der Waals surface area contributed by atoms with Crippen LogP contribution < -0.4 is 10.1 Å². The maximum absolute atomic E-state index is 6.12. The summed E-state index contributed by atoms with van der Waals surface area (Å²) in [6.45, 7) is 0.960. The van der Waals surface area contributed by atoms with Crippen LogP contribution in [0, 0.1) is 0 Å². The second kappa shape index (κ2) is 5.38. The molecule has 0 bridgehead atoms. The quantitative estimate of drug-likeness (QED) is 0.830. The number of aromatic nitrogens is 2. The Balaban J connectivity index is 2.40. The number of nitrogens with one attached hydrogen (secondary N) is 1. The number of methoxy groups -OCH3 is 1. The van der Waals surface area contributed by atoms with E-state index in [1.807, 2.05) is 29.6 Å². The number of nitrogens with zero attached hydrogens (tertiary/aromatic N) is 2. The molecular weight excluding hydrogens is 238 g/mol. The monoisotopic (exact) mass is 253 g/mol. The molecular formula is C12H16ClN3O.